The highest BCUT2D eigenvalue weighted by Gasteiger charge is 2.04. The van der Waals surface area contributed by atoms with Gasteiger partial charge in [-0.3, -0.25) is 9.78 Å². The Labute approximate surface area is 93.4 Å². The Kier molecular flexibility index (Phi) is 3.10. The van der Waals surface area contributed by atoms with Crippen LogP contribution < -0.4 is 5.56 Å². The number of hydrogen-bond acceptors (Lipinski definition) is 3. The molecular weight excluding hydrogens is 202 g/mol. The fraction of sp³-hybridized carbons (Fsp3) is 0.250. The van der Waals surface area contributed by atoms with Crippen molar-refractivity contribution in [1.29, 1.82) is 0 Å². The van der Waals surface area contributed by atoms with Crippen molar-refractivity contribution in [3.63, 3.8) is 0 Å². The Morgan fingerprint density at radius 1 is 1.44 bits per heavy atom. The van der Waals surface area contributed by atoms with Crippen LogP contribution in [0.1, 0.15) is 18.9 Å². The Morgan fingerprint density at radius 2 is 2.31 bits per heavy atom. The first-order valence-corrected chi connectivity index (χ1v) is 5.30. The molecule has 2 rings (SSSR count). The maximum absolute atomic E-state index is 11.5. The van der Waals surface area contributed by atoms with Crippen molar-refractivity contribution >= 4 is 0 Å². The SMILES string of the molecule is CCCc1cc(-c2cccnc2)n[nH]c1=O. The molecular formula is C12H13N3O. The summed E-state index contributed by atoms with van der Waals surface area (Å²) in [7, 11) is 0. The number of pyridine rings is 1. The van der Waals surface area contributed by atoms with Gasteiger partial charge in [0.2, 0.25) is 0 Å². The van der Waals surface area contributed by atoms with Crippen LogP contribution in [0, 0.1) is 0 Å². The second kappa shape index (κ2) is 4.70. The highest BCUT2D eigenvalue weighted by molar-refractivity contribution is 5.57. The zero-order valence-corrected chi connectivity index (χ0v) is 9.10. The number of rotatable bonds is 3. The van der Waals surface area contributed by atoms with Crippen molar-refractivity contribution in [2.45, 2.75) is 19.8 Å². The lowest BCUT2D eigenvalue weighted by Gasteiger charge is -2.02. The molecule has 0 saturated heterocycles. The number of H-pyrrole nitrogens is 1. The van der Waals surface area contributed by atoms with Crippen molar-refractivity contribution in [3.8, 4) is 11.3 Å². The predicted octanol–water partition coefficient (Wildman–Crippen LogP) is 1.78. The Morgan fingerprint density at radius 3 is 3.00 bits per heavy atom. The zero-order chi connectivity index (χ0) is 11.4. The van der Waals surface area contributed by atoms with E-state index in [1.54, 1.807) is 12.4 Å². The van der Waals surface area contributed by atoms with Crippen molar-refractivity contribution < 1.29 is 0 Å². The second-order valence-electron chi connectivity index (χ2n) is 3.60. The van der Waals surface area contributed by atoms with E-state index in [9.17, 15) is 4.79 Å². The predicted molar refractivity (Wildman–Crippen MR) is 62.1 cm³/mol. The van der Waals surface area contributed by atoms with E-state index in [0.717, 1.165) is 29.7 Å². The lowest BCUT2D eigenvalue weighted by atomic mass is 10.1. The highest BCUT2D eigenvalue weighted by atomic mass is 16.1. The normalized spacial score (nSPS) is 10.3. The van der Waals surface area contributed by atoms with Gasteiger partial charge in [-0.25, -0.2) is 5.10 Å². The topological polar surface area (TPSA) is 58.6 Å². The maximum Gasteiger partial charge on any atom is 0.267 e. The van der Waals surface area contributed by atoms with Crippen LogP contribution in [0.2, 0.25) is 0 Å². The second-order valence-corrected chi connectivity index (χ2v) is 3.60. The summed E-state index contributed by atoms with van der Waals surface area (Å²) in [6, 6.07) is 5.60. The molecule has 0 aromatic carbocycles. The van der Waals surface area contributed by atoms with E-state index in [4.69, 9.17) is 0 Å². The highest BCUT2D eigenvalue weighted by Crippen LogP contribution is 2.14. The fourth-order valence-corrected chi connectivity index (χ4v) is 1.56. The molecule has 0 aliphatic heterocycles. The van der Waals surface area contributed by atoms with Gasteiger partial charge in [-0.2, -0.15) is 5.10 Å². The van der Waals surface area contributed by atoms with Crippen molar-refractivity contribution in [2.24, 2.45) is 0 Å². The summed E-state index contributed by atoms with van der Waals surface area (Å²) < 4.78 is 0. The first-order chi connectivity index (χ1) is 7.81. The Bertz CT molecular complexity index is 519. The number of aromatic nitrogens is 3. The molecule has 16 heavy (non-hydrogen) atoms. The first kappa shape index (κ1) is 10.5. The molecule has 2 heterocycles. The number of hydrogen-bond donors (Lipinski definition) is 1. The molecule has 0 radical (unpaired) electrons. The maximum atomic E-state index is 11.5. The van der Waals surface area contributed by atoms with Crippen LogP contribution >= 0.6 is 0 Å². The molecule has 0 aliphatic rings. The molecule has 0 aliphatic carbocycles. The van der Waals surface area contributed by atoms with Gasteiger partial charge in [0.25, 0.3) is 5.56 Å². The van der Waals surface area contributed by atoms with E-state index in [2.05, 4.69) is 15.2 Å². The van der Waals surface area contributed by atoms with Gasteiger partial charge in [0.15, 0.2) is 0 Å². The third-order valence-electron chi connectivity index (χ3n) is 2.36. The van der Waals surface area contributed by atoms with Crippen LogP contribution in [-0.2, 0) is 6.42 Å². The van der Waals surface area contributed by atoms with Crippen LogP contribution in [0.5, 0.6) is 0 Å². The summed E-state index contributed by atoms with van der Waals surface area (Å²) in [5, 5.41) is 6.53. The van der Waals surface area contributed by atoms with Crippen molar-refractivity contribution in [1.82, 2.24) is 15.2 Å². The minimum Gasteiger partial charge on any atom is -0.268 e. The van der Waals surface area contributed by atoms with Gasteiger partial charge in [0.1, 0.15) is 0 Å². The zero-order valence-electron chi connectivity index (χ0n) is 9.10. The smallest absolute Gasteiger partial charge is 0.267 e. The summed E-state index contributed by atoms with van der Waals surface area (Å²) in [4.78, 5) is 15.5. The number of aromatic amines is 1. The first-order valence-electron chi connectivity index (χ1n) is 5.30. The summed E-state index contributed by atoms with van der Waals surface area (Å²) >= 11 is 0. The van der Waals surface area contributed by atoms with Gasteiger partial charge in [-0.15, -0.1) is 0 Å². The van der Waals surface area contributed by atoms with Crippen LogP contribution in [-0.4, -0.2) is 15.2 Å². The van der Waals surface area contributed by atoms with Gasteiger partial charge in [-0.05, 0) is 24.6 Å². The summed E-state index contributed by atoms with van der Waals surface area (Å²) in [6.07, 6.45) is 5.16. The van der Waals surface area contributed by atoms with Gasteiger partial charge in [-0.1, -0.05) is 13.3 Å². The average Bonchev–Trinajstić information content (AvgIpc) is 2.33. The quantitative estimate of drug-likeness (QED) is 0.849. The molecule has 0 bridgehead atoms. The number of aryl methyl sites for hydroxylation is 1. The van der Waals surface area contributed by atoms with Gasteiger partial charge in [0.05, 0.1) is 5.69 Å². The molecule has 0 unspecified atom stereocenters. The van der Waals surface area contributed by atoms with E-state index < -0.39 is 0 Å². The van der Waals surface area contributed by atoms with E-state index in [1.165, 1.54) is 0 Å². The van der Waals surface area contributed by atoms with Gasteiger partial charge in [0, 0.05) is 23.5 Å². The monoisotopic (exact) mass is 215 g/mol. The van der Waals surface area contributed by atoms with E-state index in [0.29, 0.717) is 0 Å². The van der Waals surface area contributed by atoms with Crippen LogP contribution in [0.15, 0.2) is 35.4 Å². The van der Waals surface area contributed by atoms with Crippen LogP contribution in [0.25, 0.3) is 11.3 Å². The third-order valence-corrected chi connectivity index (χ3v) is 2.36. The minimum absolute atomic E-state index is 0.102. The lowest BCUT2D eigenvalue weighted by molar-refractivity contribution is 0.872. The summed E-state index contributed by atoms with van der Waals surface area (Å²) in [5.41, 5.74) is 2.35. The third kappa shape index (κ3) is 2.16. The Hall–Kier alpha value is -1.97. The standard InChI is InChI=1S/C12H13N3O/c1-2-4-9-7-11(14-15-12(9)16)10-5-3-6-13-8-10/h3,5-8H,2,4H2,1H3,(H,15,16). The molecule has 0 atom stereocenters. The van der Waals surface area contributed by atoms with Gasteiger partial charge >= 0.3 is 0 Å². The average molecular weight is 215 g/mol. The Balaban J connectivity index is 2.44. The molecule has 0 saturated carbocycles. The van der Waals surface area contributed by atoms with E-state index in [-0.39, 0.29) is 5.56 Å². The molecule has 0 fully saturated rings. The molecule has 4 nitrogen and oxygen atoms in total. The number of nitrogens with one attached hydrogen (secondary N) is 1. The fourth-order valence-electron chi connectivity index (χ4n) is 1.56. The van der Waals surface area contributed by atoms with Gasteiger partial charge < -0.3 is 0 Å². The minimum atomic E-state index is -0.102. The lowest BCUT2D eigenvalue weighted by Crippen LogP contribution is -2.14. The van der Waals surface area contributed by atoms with Crippen LogP contribution in [0.4, 0.5) is 0 Å². The molecule has 82 valence electrons. The largest absolute Gasteiger partial charge is 0.268 e. The van der Waals surface area contributed by atoms with E-state index >= 15 is 0 Å². The molecule has 4 heteroatoms. The van der Waals surface area contributed by atoms with Crippen LogP contribution in [0.3, 0.4) is 0 Å². The molecule has 2 aromatic heterocycles. The summed E-state index contributed by atoms with van der Waals surface area (Å²) in [6.45, 7) is 2.05. The van der Waals surface area contributed by atoms with E-state index in [1.807, 2.05) is 25.1 Å². The molecule has 1 N–H and O–H groups in total. The molecule has 2 aromatic rings. The number of nitrogens with zero attached hydrogens (tertiary/aromatic N) is 2. The van der Waals surface area contributed by atoms with Crippen molar-refractivity contribution in [2.75, 3.05) is 0 Å². The summed E-state index contributed by atoms with van der Waals surface area (Å²) in [5.74, 6) is 0. The molecule has 0 amide bonds. The van der Waals surface area contributed by atoms with Crippen molar-refractivity contribution in [3.05, 3.63) is 46.5 Å². The molecule has 0 spiro atoms.